The molecule has 0 bridgehead atoms. The van der Waals surface area contributed by atoms with E-state index in [4.69, 9.17) is 5.11 Å². The molecule has 1 saturated heterocycles. The third-order valence-electron chi connectivity index (χ3n) is 4.20. The van der Waals surface area contributed by atoms with Gasteiger partial charge in [-0.15, -0.1) is 0 Å². The first-order valence-electron chi connectivity index (χ1n) is 7.66. The van der Waals surface area contributed by atoms with E-state index in [2.05, 4.69) is 5.32 Å². The lowest BCUT2D eigenvalue weighted by molar-refractivity contribution is -0.385. The number of carbonyl (C=O) groups is 2. The normalized spacial score (nSPS) is 20.0. The highest BCUT2D eigenvalue weighted by Crippen LogP contribution is 2.37. The maximum Gasteiger partial charge on any atom is 0.394 e. The molecule has 2 rings (SSSR count). The van der Waals surface area contributed by atoms with E-state index in [1.54, 1.807) is 6.07 Å². The smallest absolute Gasteiger partial charge is 0.394 e. The minimum atomic E-state index is -4.72. The number of nitro groups is 1. The molecule has 2 amide bonds. The molecule has 1 aliphatic heterocycles. The molecule has 0 aromatic heterocycles. The van der Waals surface area contributed by atoms with E-state index in [1.165, 1.54) is 18.2 Å². The Balaban J connectivity index is 1.95. The van der Waals surface area contributed by atoms with Gasteiger partial charge in [-0.05, 0) is 6.42 Å². The number of alkyl halides is 3. The van der Waals surface area contributed by atoms with Crippen LogP contribution in [0, 0.1) is 22.0 Å². The first kappa shape index (κ1) is 19.5. The van der Waals surface area contributed by atoms with E-state index in [1.807, 2.05) is 0 Å². The van der Waals surface area contributed by atoms with Gasteiger partial charge in [0.25, 0.3) is 5.69 Å². The van der Waals surface area contributed by atoms with Crippen molar-refractivity contribution in [3.63, 3.8) is 0 Å². The number of para-hydroxylation sites is 1. The second-order valence-electron chi connectivity index (χ2n) is 5.87. The van der Waals surface area contributed by atoms with Gasteiger partial charge in [-0.3, -0.25) is 14.9 Å². The number of halogens is 3. The van der Waals surface area contributed by atoms with Gasteiger partial charge >= 0.3 is 18.2 Å². The van der Waals surface area contributed by atoms with Gasteiger partial charge < -0.3 is 15.3 Å². The zero-order valence-electron chi connectivity index (χ0n) is 13.4. The van der Waals surface area contributed by atoms with Crippen LogP contribution in [0.2, 0.25) is 0 Å². The van der Waals surface area contributed by atoms with Gasteiger partial charge in [0.1, 0.15) is 0 Å². The third kappa shape index (κ3) is 4.41. The highest BCUT2D eigenvalue weighted by atomic mass is 19.4. The molecule has 2 atom stereocenters. The van der Waals surface area contributed by atoms with E-state index >= 15 is 0 Å². The number of aliphatic carboxylic acids is 1. The fourth-order valence-corrected chi connectivity index (χ4v) is 2.87. The quantitative estimate of drug-likeness (QED) is 0.604. The van der Waals surface area contributed by atoms with Crippen LogP contribution in [0.25, 0.3) is 0 Å². The first-order valence-corrected chi connectivity index (χ1v) is 7.66. The summed E-state index contributed by atoms with van der Waals surface area (Å²) in [5.74, 6) is -5.44. The molecule has 1 heterocycles. The lowest BCUT2D eigenvalue weighted by Gasteiger charge is -2.18. The number of nitro benzene ring substituents is 1. The number of hydrogen-bond donors (Lipinski definition) is 2. The molecule has 1 aliphatic rings. The summed E-state index contributed by atoms with van der Waals surface area (Å²) in [5, 5.41) is 22.2. The van der Waals surface area contributed by atoms with Gasteiger partial charge in [0.15, 0.2) is 0 Å². The molecule has 0 spiro atoms. The number of nitrogens with one attached hydrogen (secondary N) is 1. The molecule has 1 aromatic rings. The molecule has 26 heavy (non-hydrogen) atoms. The van der Waals surface area contributed by atoms with Crippen LogP contribution in [-0.2, 0) is 11.2 Å². The van der Waals surface area contributed by atoms with Gasteiger partial charge in [-0.2, -0.15) is 13.2 Å². The topological polar surface area (TPSA) is 113 Å². The van der Waals surface area contributed by atoms with E-state index in [-0.39, 0.29) is 18.7 Å². The van der Waals surface area contributed by atoms with Gasteiger partial charge in [-0.25, -0.2) is 4.79 Å². The highest BCUT2D eigenvalue weighted by Gasteiger charge is 2.53. The number of carboxylic acid groups (broad SMARTS) is 1. The number of hydrogen-bond acceptors (Lipinski definition) is 4. The van der Waals surface area contributed by atoms with Crippen molar-refractivity contribution in [3.8, 4) is 0 Å². The van der Waals surface area contributed by atoms with Crippen molar-refractivity contribution in [1.82, 2.24) is 10.2 Å². The molecule has 2 N–H and O–H groups in total. The number of likely N-dealkylation sites (tertiary alicyclic amines) is 1. The van der Waals surface area contributed by atoms with Gasteiger partial charge in [0.2, 0.25) is 0 Å². The van der Waals surface area contributed by atoms with Crippen molar-refractivity contribution in [2.75, 3.05) is 19.6 Å². The zero-order valence-corrected chi connectivity index (χ0v) is 13.4. The average Bonchev–Trinajstić information content (AvgIpc) is 3.01. The minimum Gasteiger partial charge on any atom is -0.481 e. The summed E-state index contributed by atoms with van der Waals surface area (Å²) in [4.78, 5) is 34.2. The Morgan fingerprint density at radius 2 is 1.96 bits per heavy atom. The maximum atomic E-state index is 12.9. The Morgan fingerprint density at radius 1 is 1.31 bits per heavy atom. The molecule has 0 aliphatic carbocycles. The molecule has 11 heteroatoms. The Labute approximate surface area is 145 Å². The van der Waals surface area contributed by atoms with Crippen LogP contribution >= 0.6 is 0 Å². The van der Waals surface area contributed by atoms with Gasteiger partial charge in [0, 0.05) is 31.3 Å². The van der Waals surface area contributed by atoms with Crippen LogP contribution in [0.4, 0.5) is 23.7 Å². The van der Waals surface area contributed by atoms with E-state index in [9.17, 15) is 32.9 Å². The molecular weight excluding hydrogens is 359 g/mol. The molecule has 0 radical (unpaired) electrons. The molecule has 0 saturated carbocycles. The van der Waals surface area contributed by atoms with Crippen LogP contribution in [0.5, 0.6) is 0 Å². The second-order valence-corrected chi connectivity index (χ2v) is 5.87. The summed E-state index contributed by atoms with van der Waals surface area (Å²) >= 11 is 0. The maximum absolute atomic E-state index is 12.9. The van der Waals surface area contributed by atoms with Crippen molar-refractivity contribution < 1.29 is 32.8 Å². The predicted molar refractivity (Wildman–Crippen MR) is 82.4 cm³/mol. The van der Waals surface area contributed by atoms with Crippen molar-refractivity contribution in [3.05, 3.63) is 39.9 Å². The third-order valence-corrected chi connectivity index (χ3v) is 4.20. The molecule has 142 valence electrons. The van der Waals surface area contributed by atoms with Crippen molar-refractivity contribution >= 4 is 17.7 Å². The standard InChI is InChI=1S/C15H16F3N3O5/c16-15(17,18)11-8-20(7-10(11)13(22)23)14(24)19-6-5-9-3-1-2-4-12(9)21(25)26/h1-4,10-11H,5-8H2,(H,19,24)(H,22,23)/t10-,11-/m1/s1. The van der Waals surface area contributed by atoms with E-state index < -0.39 is 48.0 Å². The Bertz CT molecular complexity index is 710. The fourth-order valence-electron chi connectivity index (χ4n) is 2.87. The highest BCUT2D eigenvalue weighted by molar-refractivity contribution is 5.77. The number of benzene rings is 1. The number of carboxylic acids is 1. The van der Waals surface area contributed by atoms with E-state index in [0.29, 0.717) is 5.56 Å². The molecule has 0 unspecified atom stereocenters. The van der Waals surface area contributed by atoms with E-state index in [0.717, 1.165) is 4.90 Å². The minimum absolute atomic E-state index is 0.0331. The van der Waals surface area contributed by atoms with Gasteiger partial charge in [-0.1, -0.05) is 18.2 Å². The Morgan fingerprint density at radius 3 is 2.50 bits per heavy atom. The lowest BCUT2D eigenvalue weighted by atomic mass is 9.96. The van der Waals surface area contributed by atoms with Crippen LogP contribution in [0.15, 0.2) is 24.3 Å². The second kappa shape index (κ2) is 7.58. The molecule has 1 aromatic carbocycles. The summed E-state index contributed by atoms with van der Waals surface area (Å²) in [7, 11) is 0. The number of amides is 2. The monoisotopic (exact) mass is 375 g/mol. The summed E-state index contributed by atoms with van der Waals surface area (Å²) in [6.45, 7) is -1.32. The van der Waals surface area contributed by atoms with Crippen molar-refractivity contribution in [2.24, 2.45) is 11.8 Å². The van der Waals surface area contributed by atoms with Crippen LogP contribution in [0.3, 0.4) is 0 Å². The average molecular weight is 375 g/mol. The predicted octanol–water partition coefficient (Wildman–Crippen LogP) is 2.04. The molecular formula is C15H16F3N3O5. The number of urea groups is 1. The summed E-state index contributed by atoms with van der Waals surface area (Å²) in [6, 6.07) is 5.08. The number of carbonyl (C=O) groups excluding carboxylic acids is 1. The Hall–Kier alpha value is -2.85. The summed E-state index contributed by atoms with van der Waals surface area (Å²) in [6.07, 6.45) is -4.61. The first-order chi connectivity index (χ1) is 12.1. The van der Waals surface area contributed by atoms with Crippen molar-refractivity contribution in [1.29, 1.82) is 0 Å². The Kier molecular flexibility index (Phi) is 5.68. The summed E-state index contributed by atoms with van der Waals surface area (Å²) < 4.78 is 38.7. The SMILES string of the molecule is O=C(O)[C@@H]1CN(C(=O)NCCc2ccccc2[N+](=O)[O-])C[C@H]1C(F)(F)F. The fraction of sp³-hybridized carbons (Fsp3) is 0.467. The van der Waals surface area contributed by atoms with Crippen LogP contribution < -0.4 is 5.32 Å². The molecule has 1 fully saturated rings. The van der Waals surface area contributed by atoms with Crippen LogP contribution in [0.1, 0.15) is 5.56 Å². The lowest BCUT2D eigenvalue weighted by Crippen LogP contribution is -2.40. The molecule has 8 nitrogen and oxygen atoms in total. The van der Waals surface area contributed by atoms with Crippen LogP contribution in [-0.4, -0.2) is 52.7 Å². The number of rotatable bonds is 5. The number of nitrogens with zero attached hydrogens (tertiary/aromatic N) is 2. The summed E-state index contributed by atoms with van der Waals surface area (Å²) in [5.41, 5.74) is 0.252. The zero-order chi connectivity index (χ0) is 19.5. The largest absolute Gasteiger partial charge is 0.481 e. The van der Waals surface area contributed by atoms with Crippen molar-refractivity contribution in [2.45, 2.75) is 12.6 Å². The van der Waals surface area contributed by atoms with Gasteiger partial charge in [0.05, 0.1) is 16.8 Å².